The van der Waals surface area contributed by atoms with Crippen LogP contribution in [0, 0.1) is 10.1 Å². The Hall–Kier alpha value is -3.43. The van der Waals surface area contributed by atoms with Crippen molar-refractivity contribution in [3.63, 3.8) is 0 Å². The van der Waals surface area contributed by atoms with Crippen LogP contribution >= 0.6 is 0 Å². The lowest BCUT2D eigenvalue weighted by Crippen LogP contribution is -2.30. The molecule has 0 aliphatic rings. The van der Waals surface area contributed by atoms with E-state index in [1.807, 2.05) is 48.5 Å². The van der Waals surface area contributed by atoms with Crippen LogP contribution in [0.2, 0.25) is 0 Å². The minimum absolute atomic E-state index is 0.159. The van der Waals surface area contributed by atoms with Gasteiger partial charge in [-0.25, -0.2) is 13.1 Å². The van der Waals surface area contributed by atoms with Crippen molar-refractivity contribution in [1.82, 2.24) is 4.72 Å². The lowest BCUT2D eigenvalue weighted by Gasteiger charge is -2.13. The van der Waals surface area contributed by atoms with Crippen LogP contribution in [0.5, 0.6) is 0 Å². The van der Waals surface area contributed by atoms with Crippen molar-refractivity contribution in [3.8, 4) is 0 Å². The van der Waals surface area contributed by atoms with Crippen LogP contribution in [0.25, 0.3) is 0 Å². The maximum Gasteiger partial charge on any atom is 0.294 e. The summed E-state index contributed by atoms with van der Waals surface area (Å²) in [5.74, 6) is 0. The van der Waals surface area contributed by atoms with Gasteiger partial charge in [0.05, 0.1) is 9.82 Å². The Balaban J connectivity index is 1.88. The summed E-state index contributed by atoms with van der Waals surface area (Å²) in [5.41, 5.74) is 2.19. The molecular formula is C21H22N4O4S. The fraction of sp³-hybridized carbons (Fsp3) is 0.143. The number of benzene rings is 3. The van der Waals surface area contributed by atoms with E-state index in [0.717, 1.165) is 17.4 Å². The van der Waals surface area contributed by atoms with Crippen LogP contribution < -0.4 is 15.4 Å². The molecule has 0 heterocycles. The molecule has 0 spiro atoms. The summed E-state index contributed by atoms with van der Waals surface area (Å²) in [6, 6.07) is 20.3. The summed E-state index contributed by atoms with van der Waals surface area (Å²) >= 11 is 0. The van der Waals surface area contributed by atoms with E-state index in [0.29, 0.717) is 5.69 Å². The van der Waals surface area contributed by atoms with Gasteiger partial charge < -0.3 is 10.6 Å². The number of sulfonamides is 1. The van der Waals surface area contributed by atoms with Gasteiger partial charge in [0.15, 0.2) is 0 Å². The third-order valence-electron chi connectivity index (χ3n) is 4.07. The number of hydrogen-bond donors (Lipinski definition) is 3. The van der Waals surface area contributed by atoms with E-state index in [1.165, 1.54) is 12.1 Å². The zero-order valence-electron chi connectivity index (χ0n) is 16.5. The maximum absolute atomic E-state index is 12.3. The van der Waals surface area contributed by atoms with Gasteiger partial charge in [0.1, 0.15) is 5.69 Å². The van der Waals surface area contributed by atoms with Crippen LogP contribution in [0.1, 0.15) is 13.8 Å². The number of nitrogens with one attached hydrogen (secondary N) is 3. The predicted octanol–water partition coefficient (Wildman–Crippen LogP) is 4.77. The highest BCUT2D eigenvalue weighted by Crippen LogP contribution is 2.31. The van der Waals surface area contributed by atoms with Crippen molar-refractivity contribution in [2.45, 2.75) is 24.8 Å². The molecule has 30 heavy (non-hydrogen) atoms. The molecule has 0 saturated heterocycles. The fourth-order valence-electron chi connectivity index (χ4n) is 2.83. The van der Waals surface area contributed by atoms with Gasteiger partial charge in [-0.05, 0) is 56.3 Å². The number of anilines is 4. The first-order valence-corrected chi connectivity index (χ1v) is 10.7. The first-order chi connectivity index (χ1) is 14.2. The van der Waals surface area contributed by atoms with Gasteiger partial charge in [-0.2, -0.15) is 0 Å². The molecule has 8 nitrogen and oxygen atoms in total. The van der Waals surface area contributed by atoms with Crippen molar-refractivity contribution in [1.29, 1.82) is 0 Å². The van der Waals surface area contributed by atoms with E-state index in [1.54, 1.807) is 19.9 Å². The Morgan fingerprint density at radius 2 is 1.47 bits per heavy atom. The molecule has 3 N–H and O–H groups in total. The van der Waals surface area contributed by atoms with E-state index in [-0.39, 0.29) is 22.3 Å². The number of para-hydroxylation sites is 1. The quantitative estimate of drug-likeness (QED) is 0.353. The van der Waals surface area contributed by atoms with Crippen LogP contribution in [0.4, 0.5) is 28.4 Å². The highest BCUT2D eigenvalue weighted by molar-refractivity contribution is 7.89. The molecular weight excluding hydrogens is 404 g/mol. The number of nitro benzene ring substituents is 1. The van der Waals surface area contributed by atoms with Crippen molar-refractivity contribution >= 4 is 38.5 Å². The lowest BCUT2D eigenvalue weighted by atomic mass is 10.2. The van der Waals surface area contributed by atoms with Crippen molar-refractivity contribution in [3.05, 3.63) is 82.9 Å². The Labute approximate surface area is 175 Å². The standard InChI is InChI=1S/C21H22N4O4S/c1-15(2)24-30(28,29)19-11-12-20(21(14-19)25(26)27)23-18-10-6-9-17(13-18)22-16-7-4-3-5-8-16/h3-15,22-24H,1-2H3. The molecule has 0 unspecified atom stereocenters. The molecule has 0 radical (unpaired) electrons. The van der Waals surface area contributed by atoms with Gasteiger partial charge in [-0.15, -0.1) is 0 Å². The number of nitro groups is 1. The highest BCUT2D eigenvalue weighted by Gasteiger charge is 2.22. The zero-order valence-corrected chi connectivity index (χ0v) is 17.3. The van der Waals surface area contributed by atoms with Crippen LogP contribution in [-0.2, 0) is 10.0 Å². The van der Waals surface area contributed by atoms with E-state index < -0.39 is 14.9 Å². The molecule has 0 aliphatic carbocycles. The molecule has 3 rings (SSSR count). The summed E-state index contributed by atoms with van der Waals surface area (Å²) in [5, 5.41) is 17.8. The molecule has 3 aromatic rings. The second-order valence-electron chi connectivity index (χ2n) is 6.91. The Kier molecular flexibility index (Phi) is 6.34. The molecule has 0 fully saturated rings. The minimum Gasteiger partial charge on any atom is -0.355 e. The third kappa shape index (κ3) is 5.34. The van der Waals surface area contributed by atoms with Gasteiger partial charge in [0.2, 0.25) is 10.0 Å². The summed E-state index contributed by atoms with van der Waals surface area (Å²) in [6.07, 6.45) is 0. The van der Waals surface area contributed by atoms with Gasteiger partial charge in [-0.1, -0.05) is 24.3 Å². The SMILES string of the molecule is CC(C)NS(=O)(=O)c1ccc(Nc2cccc(Nc3ccccc3)c2)c([N+](=O)[O-])c1. The minimum atomic E-state index is -3.84. The Morgan fingerprint density at radius 1 is 0.833 bits per heavy atom. The van der Waals surface area contributed by atoms with Gasteiger partial charge in [-0.3, -0.25) is 10.1 Å². The van der Waals surface area contributed by atoms with Crippen molar-refractivity contribution in [2.75, 3.05) is 10.6 Å². The summed E-state index contributed by atoms with van der Waals surface area (Å²) in [6.45, 7) is 3.36. The molecule has 3 aromatic carbocycles. The van der Waals surface area contributed by atoms with Crippen LogP contribution in [-0.4, -0.2) is 19.4 Å². The number of nitrogens with zero attached hydrogens (tertiary/aromatic N) is 1. The molecule has 0 saturated carbocycles. The van der Waals surface area contributed by atoms with E-state index in [9.17, 15) is 18.5 Å². The fourth-order valence-corrected chi connectivity index (χ4v) is 4.10. The first-order valence-electron chi connectivity index (χ1n) is 9.24. The Morgan fingerprint density at radius 3 is 2.10 bits per heavy atom. The van der Waals surface area contributed by atoms with Crippen LogP contribution in [0.15, 0.2) is 77.7 Å². The number of hydrogen-bond acceptors (Lipinski definition) is 6. The molecule has 0 aromatic heterocycles. The third-order valence-corrected chi connectivity index (χ3v) is 5.73. The van der Waals surface area contributed by atoms with Crippen molar-refractivity contribution < 1.29 is 13.3 Å². The van der Waals surface area contributed by atoms with Crippen LogP contribution in [0.3, 0.4) is 0 Å². The van der Waals surface area contributed by atoms with E-state index in [2.05, 4.69) is 15.4 Å². The highest BCUT2D eigenvalue weighted by atomic mass is 32.2. The molecule has 0 amide bonds. The molecule has 156 valence electrons. The zero-order chi connectivity index (χ0) is 21.7. The normalized spacial score (nSPS) is 11.3. The van der Waals surface area contributed by atoms with Crippen molar-refractivity contribution in [2.24, 2.45) is 0 Å². The second kappa shape index (κ2) is 8.93. The molecule has 9 heteroatoms. The maximum atomic E-state index is 12.3. The molecule has 0 atom stereocenters. The summed E-state index contributed by atoms with van der Waals surface area (Å²) in [4.78, 5) is 10.8. The summed E-state index contributed by atoms with van der Waals surface area (Å²) < 4.78 is 27.1. The lowest BCUT2D eigenvalue weighted by molar-refractivity contribution is -0.384. The smallest absolute Gasteiger partial charge is 0.294 e. The Bertz CT molecular complexity index is 1150. The predicted molar refractivity (Wildman–Crippen MR) is 118 cm³/mol. The average Bonchev–Trinajstić information content (AvgIpc) is 2.68. The number of rotatable bonds is 8. The monoisotopic (exact) mass is 426 g/mol. The van der Waals surface area contributed by atoms with Gasteiger partial charge in [0.25, 0.3) is 5.69 Å². The summed E-state index contributed by atoms with van der Waals surface area (Å²) in [7, 11) is -3.84. The average molecular weight is 426 g/mol. The van der Waals surface area contributed by atoms with E-state index in [4.69, 9.17) is 0 Å². The van der Waals surface area contributed by atoms with Gasteiger partial charge in [0, 0.05) is 29.2 Å². The largest absolute Gasteiger partial charge is 0.355 e. The van der Waals surface area contributed by atoms with E-state index >= 15 is 0 Å². The molecule has 0 bridgehead atoms. The van der Waals surface area contributed by atoms with Gasteiger partial charge >= 0.3 is 0 Å². The second-order valence-corrected chi connectivity index (χ2v) is 8.62. The topological polar surface area (TPSA) is 113 Å². The molecule has 0 aliphatic heterocycles. The first kappa shape index (κ1) is 21.3.